The summed E-state index contributed by atoms with van der Waals surface area (Å²) < 4.78 is 0.987. The van der Waals surface area contributed by atoms with Crippen molar-refractivity contribution in [3.8, 4) is 0 Å². The van der Waals surface area contributed by atoms with E-state index in [9.17, 15) is 9.90 Å². The maximum Gasteiger partial charge on any atom is 0.186 e. The van der Waals surface area contributed by atoms with E-state index < -0.39 is 0 Å². The van der Waals surface area contributed by atoms with Gasteiger partial charge in [-0.1, -0.05) is 12.8 Å². The molecule has 1 saturated heterocycles. The van der Waals surface area contributed by atoms with E-state index in [-0.39, 0.29) is 18.4 Å². The molecule has 1 aliphatic heterocycles. The monoisotopic (exact) mass is 331 g/mol. The predicted molar refractivity (Wildman–Crippen MR) is 77.3 cm³/mol. The third kappa shape index (κ3) is 3.63. The quantitative estimate of drug-likeness (QED) is 0.862. The van der Waals surface area contributed by atoms with Crippen molar-refractivity contribution in [1.29, 1.82) is 0 Å². The van der Waals surface area contributed by atoms with Gasteiger partial charge in [0.15, 0.2) is 5.78 Å². The zero-order valence-corrected chi connectivity index (χ0v) is 12.7. The van der Waals surface area contributed by atoms with Gasteiger partial charge in [-0.2, -0.15) is 0 Å². The van der Waals surface area contributed by atoms with Gasteiger partial charge in [-0.15, -0.1) is 11.3 Å². The number of Topliss-reactive ketones (excluding diaryl/α,β-unsaturated/α-hetero) is 1. The van der Waals surface area contributed by atoms with Crippen molar-refractivity contribution >= 4 is 33.0 Å². The number of carbonyl (C=O) groups excluding carboxylic acids is 1. The number of aliphatic hydroxyl groups is 1. The molecule has 1 aliphatic rings. The molecule has 0 aromatic carbocycles. The SMILES string of the molecule is O=C(CN1CCCCCC1CO)c1ccc(Br)s1. The number of thiophene rings is 1. The van der Waals surface area contributed by atoms with Crippen molar-refractivity contribution in [3.05, 3.63) is 20.8 Å². The molecule has 0 aliphatic carbocycles. The predicted octanol–water partition coefficient (Wildman–Crippen LogP) is 2.93. The lowest BCUT2D eigenvalue weighted by molar-refractivity contribution is 0.0830. The second-order valence-electron chi connectivity index (χ2n) is 4.68. The van der Waals surface area contributed by atoms with E-state index in [4.69, 9.17) is 0 Å². The second-order valence-corrected chi connectivity index (χ2v) is 7.15. The number of rotatable bonds is 4. The summed E-state index contributed by atoms with van der Waals surface area (Å²) in [7, 11) is 0. The summed E-state index contributed by atoms with van der Waals surface area (Å²) in [5.41, 5.74) is 0. The molecule has 2 rings (SSSR count). The Balaban J connectivity index is 1.99. The molecule has 0 bridgehead atoms. The van der Waals surface area contributed by atoms with Crippen LogP contribution in [-0.4, -0.2) is 41.5 Å². The first kappa shape index (κ1) is 14.2. The van der Waals surface area contributed by atoms with Gasteiger partial charge in [0.2, 0.25) is 0 Å². The summed E-state index contributed by atoms with van der Waals surface area (Å²) in [6, 6.07) is 3.92. The number of carbonyl (C=O) groups is 1. The molecular formula is C13H18BrNO2S. The van der Waals surface area contributed by atoms with E-state index in [1.165, 1.54) is 17.8 Å². The minimum absolute atomic E-state index is 0.153. The Morgan fingerprint density at radius 3 is 2.94 bits per heavy atom. The first-order chi connectivity index (χ1) is 8.70. The van der Waals surface area contributed by atoms with Gasteiger partial charge >= 0.3 is 0 Å². The van der Waals surface area contributed by atoms with Gasteiger partial charge in [0, 0.05) is 6.04 Å². The maximum absolute atomic E-state index is 12.2. The lowest BCUT2D eigenvalue weighted by Crippen LogP contribution is -2.40. The third-order valence-corrected chi connectivity index (χ3v) is 5.07. The van der Waals surface area contributed by atoms with Crippen LogP contribution in [0.25, 0.3) is 0 Å². The fourth-order valence-corrected chi connectivity index (χ4v) is 3.69. The third-order valence-electron chi connectivity index (χ3n) is 3.40. The largest absolute Gasteiger partial charge is 0.395 e. The topological polar surface area (TPSA) is 40.5 Å². The average molecular weight is 332 g/mol. The molecule has 100 valence electrons. The number of halogens is 1. The van der Waals surface area contributed by atoms with Crippen LogP contribution in [0.15, 0.2) is 15.9 Å². The van der Waals surface area contributed by atoms with Crippen molar-refractivity contribution in [2.24, 2.45) is 0 Å². The van der Waals surface area contributed by atoms with Crippen LogP contribution in [0.1, 0.15) is 35.4 Å². The minimum Gasteiger partial charge on any atom is -0.395 e. The van der Waals surface area contributed by atoms with E-state index >= 15 is 0 Å². The number of hydrogen-bond acceptors (Lipinski definition) is 4. The maximum atomic E-state index is 12.2. The van der Waals surface area contributed by atoms with Gasteiger partial charge < -0.3 is 5.11 Å². The van der Waals surface area contributed by atoms with Crippen LogP contribution >= 0.6 is 27.3 Å². The van der Waals surface area contributed by atoms with E-state index in [2.05, 4.69) is 20.8 Å². The first-order valence-corrected chi connectivity index (χ1v) is 7.95. The number of likely N-dealkylation sites (tertiary alicyclic amines) is 1. The molecule has 2 heterocycles. The molecule has 1 unspecified atom stereocenters. The summed E-state index contributed by atoms with van der Waals surface area (Å²) in [4.78, 5) is 15.1. The van der Waals surface area contributed by atoms with Gasteiger partial charge in [0.05, 0.1) is 21.8 Å². The van der Waals surface area contributed by atoms with Crippen molar-refractivity contribution in [3.63, 3.8) is 0 Å². The summed E-state index contributed by atoms with van der Waals surface area (Å²) in [6.45, 7) is 1.50. The number of aliphatic hydroxyl groups excluding tert-OH is 1. The van der Waals surface area contributed by atoms with E-state index in [0.717, 1.165) is 34.5 Å². The Morgan fingerprint density at radius 1 is 1.44 bits per heavy atom. The van der Waals surface area contributed by atoms with Crippen LogP contribution in [0, 0.1) is 0 Å². The number of nitrogens with zero attached hydrogens (tertiary/aromatic N) is 1. The van der Waals surface area contributed by atoms with Gasteiger partial charge in [0.25, 0.3) is 0 Å². The highest BCUT2D eigenvalue weighted by molar-refractivity contribution is 9.11. The molecule has 1 atom stereocenters. The molecule has 3 nitrogen and oxygen atoms in total. The fourth-order valence-electron chi connectivity index (χ4n) is 2.38. The summed E-state index contributed by atoms with van der Waals surface area (Å²) in [5, 5.41) is 9.42. The molecular weight excluding hydrogens is 314 g/mol. The molecule has 0 saturated carbocycles. The summed E-state index contributed by atoms with van der Waals surface area (Å²) >= 11 is 4.85. The standard InChI is InChI=1S/C13H18BrNO2S/c14-13-6-5-12(18-13)11(17)8-15-7-3-1-2-4-10(15)9-16/h5-6,10,16H,1-4,7-9H2. The van der Waals surface area contributed by atoms with Crippen LogP contribution in [0.2, 0.25) is 0 Å². The van der Waals surface area contributed by atoms with E-state index in [0.29, 0.717) is 6.54 Å². The van der Waals surface area contributed by atoms with Crippen molar-refractivity contribution in [2.75, 3.05) is 19.7 Å². The van der Waals surface area contributed by atoms with Gasteiger partial charge in [0.1, 0.15) is 0 Å². The Bertz CT molecular complexity index is 407. The molecule has 0 radical (unpaired) electrons. The minimum atomic E-state index is 0.153. The van der Waals surface area contributed by atoms with Crippen molar-refractivity contribution in [1.82, 2.24) is 4.90 Å². The normalized spacial score (nSPS) is 21.8. The fraction of sp³-hybridized carbons (Fsp3) is 0.615. The second kappa shape index (κ2) is 6.80. The van der Waals surface area contributed by atoms with E-state index in [1.54, 1.807) is 0 Å². The van der Waals surface area contributed by atoms with E-state index in [1.807, 2.05) is 12.1 Å². The highest BCUT2D eigenvalue weighted by atomic mass is 79.9. The van der Waals surface area contributed by atoms with Crippen LogP contribution in [0.5, 0.6) is 0 Å². The first-order valence-electron chi connectivity index (χ1n) is 6.34. The highest BCUT2D eigenvalue weighted by Crippen LogP contribution is 2.23. The lowest BCUT2D eigenvalue weighted by atomic mass is 10.1. The molecule has 18 heavy (non-hydrogen) atoms. The Morgan fingerprint density at radius 2 is 2.28 bits per heavy atom. The molecule has 5 heteroatoms. The van der Waals surface area contributed by atoms with Gasteiger partial charge in [-0.05, 0) is 47.4 Å². The van der Waals surface area contributed by atoms with Crippen molar-refractivity contribution < 1.29 is 9.90 Å². The van der Waals surface area contributed by atoms with Crippen LogP contribution in [-0.2, 0) is 0 Å². The molecule has 1 aromatic rings. The number of ketones is 1. The van der Waals surface area contributed by atoms with Gasteiger partial charge in [-0.25, -0.2) is 0 Å². The molecule has 0 spiro atoms. The van der Waals surface area contributed by atoms with Crippen LogP contribution < -0.4 is 0 Å². The summed E-state index contributed by atoms with van der Waals surface area (Å²) in [5.74, 6) is 0.158. The van der Waals surface area contributed by atoms with Crippen LogP contribution in [0.3, 0.4) is 0 Å². The molecule has 1 N–H and O–H groups in total. The highest BCUT2D eigenvalue weighted by Gasteiger charge is 2.23. The Kier molecular flexibility index (Phi) is 5.36. The smallest absolute Gasteiger partial charge is 0.186 e. The molecule has 1 aromatic heterocycles. The van der Waals surface area contributed by atoms with Crippen LogP contribution in [0.4, 0.5) is 0 Å². The molecule has 0 amide bonds. The van der Waals surface area contributed by atoms with Crippen molar-refractivity contribution in [2.45, 2.75) is 31.7 Å². The summed E-state index contributed by atoms with van der Waals surface area (Å²) in [6.07, 6.45) is 4.47. The molecule has 1 fully saturated rings. The number of hydrogen-bond donors (Lipinski definition) is 1. The lowest BCUT2D eigenvalue weighted by Gasteiger charge is -2.27. The zero-order chi connectivity index (χ0) is 13.0. The Hall–Kier alpha value is -0.230. The van der Waals surface area contributed by atoms with Gasteiger partial charge in [-0.3, -0.25) is 9.69 Å². The zero-order valence-electron chi connectivity index (χ0n) is 10.3. The average Bonchev–Trinajstić information content (AvgIpc) is 2.67. The Labute approximate surface area is 120 Å².